The lowest BCUT2D eigenvalue weighted by molar-refractivity contribution is 0.0343. The molecule has 0 amide bonds. The summed E-state index contributed by atoms with van der Waals surface area (Å²) in [5.41, 5.74) is 1.71. The molecule has 0 bridgehead atoms. The Labute approximate surface area is 110 Å². The Balaban J connectivity index is 2.37. The first-order valence-electron chi connectivity index (χ1n) is 5.75. The highest BCUT2D eigenvalue weighted by Crippen LogP contribution is 2.28. The van der Waals surface area contributed by atoms with Gasteiger partial charge in [0.2, 0.25) is 0 Å². The molecule has 0 aromatic heterocycles. The number of halogens is 1. The van der Waals surface area contributed by atoms with E-state index in [4.69, 9.17) is 4.74 Å². The smallest absolute Gasteiger partial charge is 0.152 e. The SMILES string of the molecule is CC1CN(c2cc(Br)ccc2C=O)C(C)CO1. The number of hydrogen-bond acceptors (Lipinski definition) is 3. The van der Waals surface area contributed by atoms with E-state index in [1.54, 1.807) is 0 Å². The van der Waals surface area contributed by atoms with Gasteiger partial charge in [0.25, 0.3) is 0 Å². The number of rotatable bonds is 2. The second-order valence-electron chi connectivity index (χ2n) is 4.47. The summed E-state index contributed by atoms with van der Waals surface area (Å²) in [6.07, 6.45) is 1.11. The highest BCUT2D eigenvalue weighted by Gasteiger charge is 2.25. The zero-order valence-electron chi connectivity index (χ0n) is 10.0. The predicted molar refractivity (Wildman–Crippen MR) is 71.8 cm³/mol. The van der Waals surface area contributed by atoms with Crippen molar-refractivity contribution in [3.63, 3.8) is 0 Å². The third-order valence-corrected chi connectivity index (χ3v) is 3.53. The number of ether oxygens (including phenoxy) is 1. The fraction of sp³-hybridized carbons (Fsp3) is 0.462. The molecule has 0 spiro atoms. The molecule has 1 aliphatic rings. The van der Waals surface area contributed by atoms with Crippen LogP contribution < -0.4 is 4.90 Å². The van der Waals surface area contributed by atoms with Gasteiger partial charge in [-0.15, -0.1) is 0 Å². The summed E-state index contributed by atoms with van der Waals surface area (Å²) in [6.45, 7) is 5.68. The Morgan fingerprint density at radius 3 is 2.94 bits per heavy atom. The first kappa shape index (κ1) is 12.6. The van der Waals surface area contributed by atoms with Crippen molar-refractivity contribution in [2.75, 3.05) is 18.1 Å². The first-order valence-corrected chi connectivity index (χ1v) is 6.54. The van der Waals surface area contributed by atoms with Crippen molar-refractivity contribution in [2.45, 2.75) is 26.0 Å². The summed E-state index contributed by atoms with van der Waals surface area (Å²) in [5, 5.41) is 0. The minimum atomic E-state index is 0.199. The molecule has 1 aromatic carbocycles. The van der Waals surface area contributed by atoms with Gasteiger partial charge in [-0.2, -0.15) is 0 Å². The van der Waals surface area contributed by atoms with Crippen molar-refractivity contribution in [3.8, 4) is 0 Å². The van der Waals surface area contributed by atoms with Gasteiger partial charge >= 0.3 is 0 Å². The topological polar surface area (TPSA) is 29.5 Å². The molecule has 92 valence electrons. The summed E-state index contributed by atoms with van der Waals surface area (Å²) in [5.74, 6) is 0. The summed E-state index contributed by atoms with van der Waals surface area (Å²) < 4.78 is 6.59. The van der Waals surface area contributed by atoms with Gasteiger partial charge in [0.1, 0.15) is 0 Å². The van der Waals surface area contributed by atoms with E-state index >= 15 is 0 Å². The van der Waals surface area contributed by atoms with Crippen LogP contribution in [0.25, 0.3) is 0 Å². The molecule has 1 saturated heterocycles. The van der Waals surface area contributed by atoms with Gasteiger partial charge in [-0.1, -0.05) is 15.9 Å². The molecule has 0 N–H and O–H groups in total. The van der Waals surface area contributed by atoms with E-state index in [0.29, 0.717) is 12.6 Å². The third kappa shape index (κ3) is 2.69. The number of benzene rings is 1. The molecule has 1 aromatic rings. The van der Waals surface area contributed by atoms with Crippen molar-refractivity contribution in [3.05, 3.63) is 28.2 Å². The molecule has 1 aliphatic heterocycles. The monoisotopic (exact) mass is 297 g/mol. The molecule has 2 rings (SSSR count). The largest absolute Gasteiger partial charge is 0.375 e. The zero-order chi connectivity index (χ0) is 12.4. The van der Waals surface area contributed by atoms with Crippen molar-refractivity contribution in [2.24, 2.45) is 0 Å². The second-order valence-corrected chi connectivity index (χ2v) is 5.38. The maximum Gasteiger partial charge on any atom is 0.152 e. The fourth-order valence-corrected chi connectivity index (χ4v) is 2.45. The number of hydrogen-bond donors (Lipinski definition) is 0. The molecule has 4 heteroatoms. The first-order chi connectivity index (χ1) is 8.11. The van der Waals surface area contributed by atoms with E-state index in [-0.39, 0.29) is 6.10 Å². The lowest BCUT2D eigenvalue weighted by Crippen LogP contribution is -2.47. The molecule has 0 aliphatic carbocycles. The van der Waals surface area contributed by atoms with Crippen molar-refractivity contribution in [1.29, 1.82) is 0 Å². The molecule has 0 saturated carbocycles. The van der Waals surface area contributed by atoms with E-state index in [9.17, 15) is 4.79 Å². The number of morpholine rings is 1. The Hall–Kier alpha value is -0.870. The van der Waals surface area contributed by atoms with Crippen LogP contribution in [0, 0.1) is 0 Å². The van der Waals surface area contributed by atoms with Gasteiger partial charge in [-0.05, 0) is 32.0 Å². The van der Waals surface area contributed by atoms with Crippen molar-refractivity contribution >= 4 is 27.9 Å². The van der Waals surface area contributed by atoms with Crippen LogP contribution in [0.3, 0.4) is 0 Å². The summed E-state index contributed by atoms with van der Waals surface area (Å²) in [6, 6.07) is 6.03. The third-order valence-electron chi connectivity index (χ3n) is 3.04. The highest BCUT2D eigenvalue weighted by molar-refractivity contribution is 9.10. The van der Waals surface area contributed by atoms with Crippen LogP contribution in [-0.2, 0) is 4.74 Å². The number of nitrogens with zero attached hydrogens (tertiary/aromatic N) is 1. The van der Waals surface area contributed by atoms with Crippen LogP contribution in [-0.4, -0.2) is 31.6 Å². The molecule has 2 atom stereocenters. The van der Waals surface area contributed by atoms with E-state index in [0.717, 1.165) is 28.6 Å². The molecule has 17 heavy (non-hydrogen) atoms. The van der Waals surface area contributed by atoms with E-state index in [1.165, 1.54) is 0 Å². The molecule has 1 heterocycles. The molecule has 3 nitrogen and oxygen atoms in total. The van der Waals surface area contributed by atoms with Crippen LogP contribution in [0.1, 0.15) is 24.2 Å². The van der Waals surface area contributed by atoms with Crippen molar-refractivity contribution < 1.29 is 9.53 Å². The van der Waals surface area contributed by atoms with Gasteiger partial charge < -0.3 is 9.64 Å². The average molecular weight is 298 g/mol. The molecule has 0 radical (unpaired) electrons. The molecule has 2 unspecified atom stereocenters. The zero-order valence-corrected chi connectivity index (χ0v) is 11.6. The minimum Gasteiger partial charge on any atom is -0.375 e. The number of carbonyl (C=O) groups excluding carboxylic acids is 1. The van der Waals surface area contributed by atoms with Crippen LogP contribution in [0.2, 0.25) is 0 Å². The van der Waals surface area contributed by atoms with E-state index in [1.807, 2.05) is 18.2 Å². The number of anilines is 1. The summed E-state index contributed by atoms with van der Waals surface area (Å²) in [4.78, 5) is 13.3. The van der Waals surface area contributed by atoms with Crippen LogP contribution >= 0.6 is 15.9 Å². The van der Waals surface area contributed by atoms with Crippen LogP contribution in [0.4, 0.5) is 5.69 Å². The van der Waals surface area contributed by atoms with Crippen LogP contribution in [0.5, 0.6) is 0 Å². The summed E-state index contributed by atoms with van der Waals surface area (Å²) >= 11 is 3.45. The molecular formula is C13H16BrNO2. The number of aldehydes is 1. The van der Waals surface area contributed by atoms with Gasteiger partial charge in [0.05, 0.1) is 12.7 Å². The Morgan fingerprint density at radius 2 is 2.24 bits per heavy atom. The predicted octanol–water partition coefficient (Wildman–Crippen LogP) is 2.88. The van der Waals surface area contributed by atoms with Gasteiger partial charge in [-0.3, -0.25) is 4.79 Å². The quantitative estimate of drug-likeness (QED) is 0.786. The van der Waals surface area contributed by atoms with Crippen LogP contribution in [0.15, 0.2) is 22.7 Å². The van der Waals surface area contributed by atoms with Gasteiger partial charge in [0.15, 0.2) is 6.29 Å². The number of carbonyl (C=O) groups is 1. The lowest BCUT2D eigenvalue weighted by Gasteiger charge is -2.39. The maximum atomic E-state index is 11.1. The average Bonchev–Trinajstić information content (AvgIpc) is 2.32. The van der Waals surface area contributed by atoms with Gasteiger partial charge in [-0.25, -0.2) is 0 Å². The maximum absolute atomic E-state index is 11.1. The Kier molecular flexibility index (Phi) is 3.84. The normalized spacial score (nSPS) is 24.8. The summed E-state index contributed by atoms with van der Waals surface area (Å²) in [7, 11) is 0. The van der Waals surface area contributed by atoms with E-state index < -0.39 is 0 Å². The highest BCUT2D eigenvalue weighted by atomic mass is 79.9. The second kappa shape index (κ2) is 5.19. The van der Waals surface area contributed by atoms with E-state index in [2.05, 4.69) is 34.7 Å². The molecule has 1 fully saturated rings. The fourth-order valence-electron chi connectivity index (χ4n) is 2.10. The Morgan fingerprint density at radius 1 is 1.47 bits per heavy atom. The lowest BCUT2D eigenvalue weighted by atomic mass is 10.1. The molecular weight excluding hydrogens is 282 g/mol. The van der Waals surface area contributed by atoms with Crippen molar-refractivity contribution in [1.82, 2.24) is 0 Å². The Bertz CT molecular complexity index is 422. The minimum absolute atomic E-state index is 0.199. The van der Waals surface area contributed by atoms with Gasteiger partial charge in [0, 0.05) is 28.3 Å². The standard InChI is InChI=1S/C13H16BrNO2/c1-9-8-17-10(2)6-15(9)13-5-12(14)4-3-11(13)7-16/h3-5,7,9-10H,6,8H2,1-2H3.